The molecule has 26 heavy (non-hydrogen) atoms. The number of carbonyl (C=O) groups is 1. The zero-order valence-electron chi connectivity index (χ0n) is 15.0. The van der Waals surface area contributed by atoms with Crippen LogP contribution in [0, 0.1) is 0 Å². The molecule has 2 amide bonds. The van der Waals surface area contributed by atoms with E-state index in [0.29, 0.717) is 35.4 Å². The molecule has 2 N–H and O–H groups in total. The summed E-state index contributed by atoms with van der Waals surface area (Å²) in [4.78, 5) is 12.0. The van der Waals surface area contributed by atoms with Crippen molar-refractivity contribution in [3.05, 3.63) is 53.1 Å². The third kappa shape index (κ3) is 5.74. The quantitative estimate of drug-likeness (QED) is 0.685. The number of hydrogen-bond acceptors (Lipinski definition) is 4. The number of ether oxygens (including phenoxy) is 3. The minimum Gasteiger partial charge on any atom is -0.497 e. The lowest BCUT2D eigenvalue weighted by atomic mass is 10.1. The second kappa shape index (κ2) is 9.77. The van der Waals surface area contributed by atoms with Crippen LogP contribution in [0.3, 0.4) is 0 Å². The van der Waals surface area contributed by atoms with Crippen LogP contribution in [-0.4, -0.2) is 33.4 Å². The van der Waals surface area contributed by atoms with Crippen molar-refractivity contribution in [1.82, 2.24) is 10.6 Å². The highest BCUT2D eigenvalue weighted by Crippen LogP contribution is 2.29. The fourth-order valence-corrected chi connectivity index (χ4v) is 2.49. The summed E-state index contributed by atoms with van der Waals surface area (Å²) in [6, 6.07) is 12.0. The Morgan fingerprint density at radius 1 is 1.08 bits per heavy atom. The number of hydrogen-bond donors (Lipinski definition) is 2. The number of carbonyl (C=O) groups excluding carboxylic acids is 1. The Morgan fingerprint density at radius 3 is 2.42 bits per heavy atom. The Balaban J connectivity index is 1.79. The molecule has 2 rings (SSSR count). The summed E-state index contributed by atoms with van der Waals surface area (Å²) in [6.07, 6.45) is 0. The second-order valence-electron chi connectivity index (χ2n) is 5.53. The molecule has 2 aromatic carbocycles. The summed E-state index contributed by atoms with van der Waals surface area (Å²) in [6.45, 7) is 2.62. The first-order valence-corrected chi connectivity index (χ1v) is 8.56. The standard InChI is InChI=1S/C19H23ClN2O4/c1-13(17-9-8-16(24-2)12-18(17)25-3)22-19(23)21-10-11-26-15-6-4-14(20)5-7-15/h4-9,12-13H,10-11H2,1-3H3,(H2,21,22,23). The fraction of sp³-hybridized carbons (Fsp3) is 0.316. The van der Waals surface area contributed by atoms with E-state index >= 15 is 0 Å². The van der Waals surface area contributed by atoms with Gasteiger partial charge in [0.2, 0.25) is 0 Å². The van der Waals surface area contributed by atoms with E-state index in [1.54, 1.807) is 44.6 Å². The summed E-state index contributed by atoms with van der Waals surface area (Å²) >= 11 is 5.82. The van der Waals surface area contributed by atoms with Gasteiger partial charge in [-0.25, -0.2) is 4.79 Å². The van der Waals surface area contributed by atoms with Crippen molar-refractivity contribution in [2.75, 3.05) is 27.4 Å². The summed E-state index contributed by atoms with van der Waals surface area (Å²) in [5.41, 5.74) is 0.862. The van der Waals surface area contributed by atoms with Crippen molar-refractivity contribution in [3.63, 3.8) is 0 Å². The Labute approximate surface area is 158 Å². The van der Waals surface area contributed by atoms with E-state index in [1.807, 2.05) is 19.1 Å². The maximum Gasteiger partial charge on any atom is 0.315 e. The number of urea groups is 1. The monoisotopic (exact) mass is 378 g/mol. The highest BCUT2D eigenvalue weighted by atomic mass is 35.5. The molecule has 0 aliphatic rings. The molecular formula is C19H23ClN2O4. The van der Waals surface area contributed by atoms with Gasteiger partial charge >= 0.3 is 6.03 Å². The van der Waals surface area contributed by atoms with Crippen molar-refractivity contribution in [2.24, 2.45) is 0 Å². The third-order valence-electron chi connectivity index (χ3n) is 3.72. The van der Waals surface area contributed by atoms with Crippen molar-refractivity contribution in [3.8, 4) is 17.2 Å². The molecule has 0 saturated carbocycles. The second-order valence-corrected chi connectivity index (χ2v) is 5.97. The van der Waals surface area contributed by atoms with Gasteiger partial charge in [-0.15, -0.1) is 0 Å². The van der Waals surface area contributed by atoms with Crippen LogP contribution in [0.1, 0.15) is 18.5 Å². The molecule has 7 heteroatoms. The van der Waals surface area contributed by atoms with Crippen LogP contribution in [0.5, 0.6) is 17.2 Å². The minimum absolute atomic E-state index is 0.229. The SMILES string of the molecule is COc1ccc(C(C)NC(=O)NCCOc2ccc(Cl)cc2)c(OC)c1. The van der Waals surface area contributed by atoms with Crippen molar-refractivity contribution in [2.45, 2.75) is 13.0 Å². The molecule has 1 unspecified atom stereocenters. The smallest absolute Gasteiger partial charge is 0.315 e. The predicted octanol–water partition coefficient (Wildman–Crippen LogP) is 3.80. The van der Waals surface area contributed by atoms with Crippen LogP contribution in [0.4, 0.5) is 4.79 Å². The molecule has 1 atom stereocenters. The van der Waals surface area contributed by atoms with Crippen LogP contribution < -0.4 is 24.8 Å². The van der Waals surface area contributed by atoms with E-state index in [-0.39, 0.29) is 12.1 Å². The number of rotatable bonds is 8. The lowest BCUT2D eigenvalue weighted by molar-refractivity contribution is 0.233. The largest absolute Gasteiger partial charge is 0.497 e. The van der Waals surface area contributed by atoms with Gasteiger partial charge in [-0.2, -0.15) is 0 Å². The van der Waals surface area contributed by atoms with Gasteiger partial charge in [-0.3, -0.25) is 0 Å². The average molecular weight is 379 g/mol. The number of benzene rings is 2. The zero-order chi connectivity index (χ0) is 18.9. The number of nitrogens with one attached hydrogen (secondary N) is 2. The molecule has 0 aliphatic carbocycles. The number of methoxy groups -OCH3 is 2. The van der Waals surface area contributed by atoms with E-state index < -0.39 is 0 Å². The molecule has 0 saturated heterocycles. The molecule has 2 aromatic rings. The lowest BCUT2D eigenvalue weighted by Crippen LogP contribution is -2.39. The van der Waals surface area contributed by atoms with Crippen LogP contribution >= 0.6 is 11.6 Å². The zero-order valence-corrected chi connectivity index (χ0v) is 15.8. The van der Waals surface area contributed by atoms with Crippen LogP contribution in [0.25, 0.3) is 0 Å². The molecule has 6 nitrogen and oxygen atoms in total. The van der Waals surface area contributed by atoms with Gasteiger partial charge in [-0.1, -0.05) is 11.6 Å². The normalized spacial score (nSPS) is 11.4. The Kier molecular flexibility index (Phi) is 7.41. The van der Waals surface area contributed by atoms with Gasteiger partial charge in [0.15, 0.2) is 0 Å². The average Bonchev–Trinajstić information content (AvgIpc) is 2.66. The number of halogens is 1. The maximum absolute atomic E-state index is 12.0. The molecule has 0 aliphatic heterocycles. The van der Waals surface area contributed by atoms with E-state index in [0.717, 1.165) is 5.56 Å². The first-order chi connectivity index (χ1) is 12.5. The summed E-state index contributed by atoms with van der Waals surface area (Å²) < 4.78 is 16.1. The van der Waals surface area contributed by atoms with Gasteiger partial charge < -0.3 is 24.8 Å². The van der Waals surface area contributed by atoms with Gasteiger partial charge in [0.05, 0.1) is 26.8 Å². The Bertz CT molecular complexity index is 722. The molecule has 0 bridgehead atoms. The summed E-state index contributed by atoms with van der Waals surface area (Å²) in [7, 11) is 3.18. The highest BCUT2D eigenvalue weighted by Gasteiger charge is 2.14. The maximum atomic E-state index is 12.0. The van der Waals surface area contributed by atoms with E-state index in [2.05, 4.69) is 10.6 Å². The summed E-state index contributed by atoms with van der Waals surface area (Å²) in [5, 5.41) is 6.28. The molecule has 0 heterocycles. The van der Waals surface area contributed by atoms with Gasteiger partial charge in [-0.05, 0) is 43.3 Å². The molecular weight excluding hydrogens is 356 g/mol. The number of amides is 2. The van der Waals surface area contributed by atoms with Crippen LogP contribution in [0.15, 0.2) is 42.5 Å². The van der Waals surface area contributed by atoms with Gasteiger partial charge in [0.1, 0.15) is 23.9 Å². The van der Waals surface area contributed by atoms with Crippen LogP contribution in [-0.2, 0) is 0 Å². The van der Waals surface area contributed by atoms with Crippen LogP contribution in [0.2, 0.25) is 5.02 Å². The Hall–Kier alpha value is -2.60. The Morgan fingerprint density at radius 2 is 1.77 bits per heavy atom. The predicted molar refractivity (Wildman–Crippen MR) is 101 cm³/mol. The molecule has 0 aromatic heterocycles. The highest BCUT2D eigenvalue weighted by molar-refractivity contribution is 6.30. The molecule has 0 radical (unpaired) electrons. The molecule has 0 fully saturated rings. The molecule has 140 valence electrons. The van der Waals surface area contributed by atoms with Crippen molar-refractivity contribution >= 4 is 17.6 Å². The topological polar surface area (TPSA) is 68.8 Å². The van der Waals surface area contributed by atoms with Crippen molar-refractivity contribution in [1.29, 1.82) is 0 Å². The van der Waals surface area contributed by atoms with E-state index in [1.165, 1.54) is 0 Å². The van der Waals surface area contributed by atoms with Gasteiger partial charge in [0, 0.05) is 16.7 Å². The summed E-state index contributed by atoms with van der Waals surface area (Å²) in [5.74, 6) is 2.05. The fourth-order valence-electron chi connectivity index (χ4n) is 2.37. The molecule has 0 spiro atoms. The van der Waals surface area contributed by atoms with Crippen molar-refractivity contribution < 1.29 is 19.0 Å². The lowest BCUT2D eigenvalue weighted by Gasteiger charge is -2.18. The first-order valence-electron chi connectivity index (χ1n) is 8.18. The van der Waals surface area contributed by atoms with E-state index in [9.17, 15) is 4.79 Å². The minimum atomic E-state index is -0.282. The third-order valence-corrected chi connectivity index (χ3v) is 3.98. The first kappa shape index (κ1) is 19.7. The van der Waals surface area contributed by atoms with Gasteiger partial charge in [0.25, 0.3) is 0 Å². The van der Waals surface area contributed by atoms with E-state index in [4.69, 9.17) is 25.8 Å².